The van der Waals surface area contributed by atoms with E-state index in [9.17, 15) is 0 Å². The van der Waals surface area contributed by atoms with Gasteiger partial charge in [-0.2, -0.15) is 0 Å². The molecule has 19 heavy (non-hydrogen) atoms. The summed E-state index contributed by atoms with van der Waals surface area (Å²) in [4.78, 5) is 0. The molecule has 1 aliphatic rings. The Bertz CT molecular complexity index is 419. The van der Waals surface area contributed by atoms with Gasteiger partial charge in [0.05, 0.1) is 0 Å². The molecule has 1 heterocycles. The summed E-state index contributed by atoms with van der Waals surface area (Å²) in [5.74, 6) is 1.68. The van der Waals surface area contributed by atoms with E-state index in [-0.39, 0.29) is 0 Å². The van der Waals surface area contributed by atoms with Crippen LogP contribution < -0.4 is 5.32 Å². The van der Waals surface area contributed by atoms with Gasteiger partial charge < -0.3 is 9.88 Å². The molecule has 3 atom stereocenters. The number of nitrogens with zero attached hydrogens (tertiary/aromatic N) is 1. The summed E-state index contributed by atoms with van der Waals surface area (Å²) in [6.45, 7) is 13.6. The summed E-state index contributed by atoms with van der Waals surface area (Å²) in [5.41, 5.74) is 4.30. The van der Waals surface area contributed by atoms with E-state index in [0.29, 0.717) is 6.04 Å². The van der Waals surface area contributed by atoms with Crippen molar-refractivity contribution in [1.29, 1.82) is 0 Å². The average molecular weight is 262 g/mol. The lowest BCUT2D eigenvalue weighted by atomic mass is 9.78. The van der Waals surface area contributed by atoms with Gasteiger partial charge in [-0.25, -0.2) is 0 Å². The number of rotatable bonds is 4. The van der Waals surface area contributed by atoms with Gasteiger partial charge in [0.2, 0.25) is 0 Å². The van der Waals surface area contributed by atoms with Crippen LogP contribution in [0.4, 0.5) is 0 Å². The van der Waals surface area contributed by atoms with Crippen LogP contribution in [-0.4, -0.2) is 10.6 Å². The van der Waals surface area contributed by atoms with Crippen molar-refractivity contribution in [1.82, 2.24) is 9.88 Å². The zero-order valence-electron chi connectivity index (χ0n) is 13.3. The Morgan fingerprint density at radius 3 is 2.63 bits per heavy atom. The molecular formula is C17H30N2. The van der Waals surface area contributed by atoms with E-state index in [0.717, 1.165) is 24.9 Å². The molecule has 2 heteroatoms. The van der Waals surface area contributed by atoms with Crippen molar-refractivity contribution in [3.05, 3.63) is 23.0 Å². The fourth-order valence-corrected chi connectivity index (χ4v) is 3.65. The standard InChI is InChI=1S/C17H30N2/c1-6-19-13(3)10-16(15(19)5)11-18-17-9-7-8-12(2)14(17)4/h10,12,14,17-18H,6-9,11H2,1-5H3. The van der Waals surface area contributed by atoms with Crippen LogP contribution in [0.2, 0.25) is 0 Å². The van der Waals surface area contributed by atoms with Crippen molar-refractivity contribution in [2.45, 2.75) is 73.0 Å². The van der Waals surface area contributed by atoms with E-state index in [1.54, 1.807) is 0 Å². The topological polar surface area (TPSA) is 17.0 Å². The van der Waals surface area contributed by atoms with Gasteiger partial charge in [-0.15, -0.1) is 0 Å². The van der Waals surface area contributed by atoms with Crippen molar-refractivity contribution < 1.29 is 0 Å². The van der Waals surface area contributed by atoms with Crippen LogP contribution in [0.3, 0.4) is 0 Å². The first-order valence-corrected chi connectivity index (χ1v) is 7.93. The molecule has 108 valence electrons. The monoisotopic (exact) mass is 262 g/mol. The van der Waals surface area contributed by atoms with E-state index < -0.39 is 0 Å². The molecule has 1 aromatic rings. The maximum Gasteiger partial charge on any atom is 0.0226 e. The van der Waals surface area contributed by atoms with E-state index in [2.05, 4.69) is 50.6 Å². The highest BCUT2D eigenvalue weighted by Crippen LogP contribution is 2.29. The van der Waals surface area contributed by atoms with E-state index >= 15 is 0 Å². The highest BCUT2D eigenvalue weighted by Gasteiger charge is 2.26. The maximum atomic E-state index is 3.81. The molecule has 3 unspecified atom stereocenters. The molecule has 1 fully saturated rings. The number of hydrogen-bond acceptors (Lipinski definition) is 1. The number of aryl methyl sites for hydroxylation is 1. The number of aromatic nitrogens is 1. The Morgan fingerprint density at radius 2 is 2.00 bits per heavy atom. The molecule has 0 saturated heterocycles. The maximum absolute atomic E-state index is 3.81. The van der Waals surface area contributed by atoms with Crippen LogP contribution >= 0.6 is 0 Å². The Labute approximate surface area is 118 Å². The first-order chi connectivity index (χ1) is 9.04. The number of hydrogen-bond donors (Lipinski definition) is 1. The molecule has 2 rings (SSSR count). The molecule has 0 spiro atoms. The van der Waals surface area contributed by atoms with Gasteiger partial charge in [0.25, 0.3) is 0 Å². The fourth-order valence-electron chi connectivity index (χ4n) is 3.65. The quantitative estimate of drug-likeness (QED) is 0.866. The SMILES string of the molecule is CCn1c(C)cc(CNC2CCCC(C)C2C)c1C. The zero-order valence-corrected chi connectivity index (χ0v) is 13.3. The van der Waals surface area contributed by atoms with Crippen LogP contribution in [-0.2, 0) is 13.1 Å². The van der Waals surface area contributed by atoms with Crippen LogP contribution in [0.25, 0.3) is 0 Å². The summed E-state index contributed by atoms with van der Waals surface area (Å²) in [5, 5.41) is 3.81. The van der Waals surface area contributed by atoms with Gasteiger partial charge in [0, 0.05) is 30.5 Å². The second kappa shape index (κ2) is 6.13. The molecule has 0 bridgehead atoms. The van der Waals surface area contributed by atoms with Gasteiger partial charge in [0.1, 0.15) is 0 Å². The number of nitrogens with one attached hydrogen (secondary N) is 1. The van der Waals surface area contributed by atoms with Gasteiger partial charge in [-0.3, -0.25) is 0 Å². The lowest BCUT2D eigenvalue weighted by Gasteiger charge is -2.34. The molecule has 1 aromatic heterocycles. The van der Waals surface area contributed by atoms with Gasteiger partial charge >= 0.3 is 0 Å². The molecule has 1 N–H and O–H groups in total. The third-order valence-electron chi connectivity index (χ3n) is 5.26. The van der Waals surface area contributed by atoms with E-state index in [1.807, 2.05) is 0 Å². The van der Waals surface area contributed by atoms with Crippen molar-refractivity contribution >= 4 is 0 Å². The van der Waals surface area contributed by atoms with Crippen LogP contribution in [0.15, 0.2) is 6.07 Å². The van der Waals surface area contributed by atoms with Crippen LogP contribution in [0, 0.1) is 25.7 Å². The predicted molar refractivity (Wildman–Crippen MR) is 82.4 cm³/mol. The molecular weight excluding hydrogens is 232 g/mol. The Kier molecular flexibility index (Phi) is 4.72. The van der Waals surface area contributed by atoms with Crippen LogP contribution in [0.5, 0.6) is 0 Å². The van der Waals surface area contributed by atoms with Crippen molar-refractivity contribution in [2.75, 3.05) is 0 Å². The van der Waals surface area contributed by atoms with E-state index in [4.69, 9.17) is 0 Å². The normalized spacial score (nSPS) is 27.7. The van der Waals surface area contributed by atoms with Gasteiger partial charge in [-0.05, 0) is 50.7 Å². The van der Waals surface area contributed by atoms with E-state index in [1.165, 1.54) is 36.2 Å². The average Bonchev–Trinajstić information content (AvgIpc) is 2.66. The minimum absolute atomic E-state index is 0.702. The zero-order chi connectivity index (χ0) is 14.0. The Balaban J connectivity index is 1.99. The molecule has 0 amide bonds. The molecule has 0 radical (unpaired) electrons. The second-order valence-electron chi connectivity index (χ2n) is 6.40. The first-order valence-electron chi connectivity index (χ1n) is 7.93. The first kappa shape index (κ1) is 14.6. The van der Waals surface area contributed by atoms with Crippen molar-refractivity contribution in [3.63, 3.8) is 0 Å². The van der Waals surface area contributed by atoms with Gasteiger partial charge in [0.15, 0.2) is 0 Å². The summed E-state index contributed by atoms with van der Waals surface area (Å²) in [6.07, 6.45) is 4.14. The third-order valence-corrected chi connectivity index (χ3v) is 5.26. The Hall–Kier alpha value is -0.760. The Morgan fingerprint density at radius 1 is 1.26 bits per heavy atom. The molecule has 1 aliphatic carbocycles. The van der Waals surface area contributed by atoms with Gasteiger partial charge in [-0.1, -0.05) is 26.7 Å². The summed E-state index contributed by atoms with van der Waals surface area (Å²) >= 11 is 0. The lowest BCUT2D eigenvalue weighted by molar-refractivity contribution is 0.206. The largest absolute Gasteiger partial charge is 0.349 e. The third kappa shape index (κ3) is 3.05. The van der Waals surface area contributed by atoms with Crippen molar-refractivity contribution in [2.24, 2.45) is 11.8 Å². The molecule has 2 nitrogen and oxygen atoms in total. The highest BCUT2D eigenvalue weighted by atomic mass is 15.0. The highest BCUT2D eigenvalue weighted by molar-refractivity contribution is 5.26. The minimum atomic E-state index is 0.702. The smallest absolute Gasteiger partial charge is 0.0226 e. The second-order valence-corrected chi connectivity index (χ2v) is 6.40. The molecule has 1 saturated carbocycles. The fraction of sp³-hybridized carbons (Fsp3) is 0.765. The summed E-state index contributed by atoms with van der Waals surface area (Å²) < 4.78 is 2.41. The van der Waals surface area contributed by atoms with Crippen LogP contribution in [0.1, 0.15) is 57.0 Å². The summed E-state index contributed by atoms with van der Waals surface area (Å²) in [7, 11) is 0. The van der Waals surface area contributed by atoms with Crippen molar-refractivity contribution in [3.8, 4) is 0 Å². The minimum Gasteiger partial charge on any atom is -0.349 e. The predicted octanol–water partition coefficient (Wildman–Crippen LogP) is 4.04. The lowest BCUT2D eigenvalue weighted by Crippen LogP contribution is -2.40. The molecule has 0 aliphatic heterocycles. The summed E-state index contributed by atoms with van der Waals surface area (Å²) in [6, 6.07) is 3.05. The molecule has 0 aromatic carbocycles.